The largest absolute Gasteiger partial charge is 0.399 e. The molecule has 0 bridgehead atoms. The van der Waals surface area contributed by atoms with E-state index in [2.05, 4.69) is 11.0 Å². The Balaban J connectivity index is 2.15. The van der Waals surface area contributed by atoms with Crippen LogP contribution in [0.25, 0.3) is 0 Å². The van der Waals surface area contributed by atoms with Gasteiger partial charge in [0.1, 0.15) is 0 Å². The van der Waals surface area contributed by atoms with Crippen LogP contribution in [0.4, 0.5) is 5.69 Å². The number of thioether (sulfide) groups is 1. The highest BCUT2D eigenvalue weighted by atomic mass is 32.2. The van der Waals surface area contributed by atoms with Crippen molar-refractivity contribution in [3.8, 4) is 0 Å². The summed E-state index contributed by atoms with van der Waals surface area (Å²) < 4.78 is 27.9. The van der Waals surface area contributed by atoms with Crippen LogP contribution in [0, 0.1) is 6.92 Å². The normalized spacial score (nSPS) is 18.6. The maximum absolute atomic E-state index is 12.5. The number of nitrogens with one attached hydrogen (secondary N) is 1. The van der Waals surface area contributed by atoms with Gasteiger partial charge in [-0.3, -0.25) is 0 Å². The molecule has 4 nitrogen and oxygen atoms in total. The summed E-state index contributed by atoms with van der Waals surface area (Å²) in [6, 6.07) is 5.00. The fraction of sp³-hybridized carbons (Fsp3) is 0.600. The second-order valence-corrected chi connectivity index (χ2v) is 8.81. The van der Waals surface area contributed by atoms with Gasteiger partial charge in [0, 0.05) is 17.0 Å². The van der Waals surface area contributed by atoms with E-state index in [4.69, 9.17) is 5.73 Å². The SMILES string of the molecule is CSC1(CNS(=O)(=O)c2cc(N)ccc2C)CCCCC1. The van der Waals surface area contributed by atoms with Gasteiger partial charge in [-0.25, -0.2) is 13.1 Å². The third kappa shape index (κ3) is 3.93. The third-order valence-corrected chi connectivity index (χ3v) is 7.25. The van der Waals surface area contributed by atoms with Gasteiger partial charge in [0.25, 0.3) is 0 Å². The number of aryl methyl sites for hydroxylation is 1. The van der Waals surface area contributed by atoms with E-state index in [9.17, 15) is 8.42 Å². The molecule has 118 valence electrons. The molecule has 0 atom stereocenters. The highest BCUT2D eigenvalue weighted by Gasteiger charge is 2.32. The lowest BCUT2D eigenvalue weighted by molar-refractivity contribution is 0.395. The van der Waals surface area contributed by atoms with Crippen LogP contribution < -0.4 is 10.5 Å². The van der Waals surface area contributed by atoms with E-state index in [1.807, 2.05) is 0 Å². The lowest BCUT2D eigenvalue weighted by Gasteiger charge is -2.35. The molecule has 1 fully saturated rings. The highest BCUT2D eigenvalue weighted by molar-refractivity contribution is 8.00. The van der Waals surface area contributed by atoms with Gasteiger partial charge in [0.15, 0.2) is 0 Å². The minimum Gasteiger partial charge on any atom is -0.399 e. The van der Waals surface area contributed by atoms with Crippen molar-refractivity contribution in [2.24, 2.45) is 0 Å². The maximum Gasteiger partial charge on any atom is 0.240 e. The van der Waals surface area contributed by atoms with Crippen LogP contribution >= 0.6 is 11.8 Å². The molecule has 1 saturated carbocycles. The first-order valence-corrected chi connectivity index (χ1v) is 10.0. The van der Waals surface area contributed by atoms with Crippen molar-refractivity contribution in [2.75, 3.05) is 18.5 Å². The number of anilines is 1. The quantitative estimate of drug-likeness (QED) is 0.815. The standard InChI is InChI=1S/C15H24N2O2S2/c1-12-6-7-13(16)10-14(12)21(18,19)17-11-15(20-2)8-4-3-5-9-15/h6-7,10,17H,3-5,8-9,11,16H2,1-2H3. The van der Waals surface area contributed by atoms with E-state index < -0.39 is 10.0 Å². The molecule has 0 spiro atoms. The van der Waals surface area contributed by atoms with Crippen molar-refractivity contribution in [3.63, 3.8) is 0 Å². The number of nitrogen functional groups attached to an aromatic ring is 1. The second kappa shape index (κ2) is 6.58. The van der Waals surface area contributed by atoms with Crippen LogP contribution in [0.5, 0.6) is 0 Å². The van der Waals surface area contributed by atoms with E-state index in [1.165, 1.54) is 25.3 Å². The van der Waals surface area contributed by atoms with Crippen molar-refractivity contribution in [3.05, 3.63) is 23.8 Å². The van der Waals surface area contributed by atoms with Crippen LogP contribution in [-0.4, -0.2) is 26.0 Å². The minimum absolute atomic E-state index is 0.0412. The molecule has 1 aromatic carbocycles. The molecule has 0 aromatic heterocycles. The van der Waals surface area contributed by atoms with Crippen LogP contribution in [0.15, 0.2) is 23.1 Å². The average molecular weight is 329 g/mol. The lowest BCUT2D eigenvalue weighted by Crippen LogP contribution is -2.41. The summed E-state index contributed by atoms with van der Waals surface area (Å²) >= 11 is 1.78. The summed E-state index contributed by atoms with van der Waals surface area (Å²) in [6.07, 6.45) is 7.84. The second-order valence-electron chi connectivity index (χ2n) is 5.80. The molecular formula is C15H24N2O2S2. The number of hydrogen-bond acceptors (Lipinski definition) is 4. The zero-order chi connectivity index (χ0) is 15.5. The summed E-state index contributed by atoms with van der Waals surface area (Å²) in [4.78, 5) is 0.287. The zero-order valence-electron chi connectivity index (χ0n) is 12.7. The van der Waals surface area contributed by atoms with Crippen LogP contribution in [0.2, 0.25) is 0 Å². The summed E-state index contributed by atoms with van der Waals surface area (Å²) in [5.41, 5.74) is 6.91. The van der Waals surface area contributed by atoms with Crippen molar-refractivity contribution >= 4 is 27.5 Å². The molecule has 0 saturated heterocycles. The Hall–Kier alpha value is -0.720. The molecule has 3 N–H and O–H groups in total. The van der Waals surface area contributed by atoms with Crippen LogP contribution in [0.3, 0.4) is 0 Å². The van der Waals surface area contributed by atoms with Crippen LogP contribution in [-0.2, 0) is 10.0 Å². The monoisotopic (exact) mass is 328 g/mol. The van der Waals surface area contributed by atoms with E-state index in [-0.39, 0.29) is 9.64 Å². The lowest BCUT2D eigenvalue weighted by atomic mass is 9.88. The van der Waals surface area contributed by atoms with Gasteiger partial charge in [0.2, 0.25) is 10.0 Å². The Morgan fingerprint density at radius 1 is 1.29 bits per heavy atom. The molecule has 2 rings (SSSR count). The first-order valence-electron chi connectivity index (χ1n) is 7.29. The molecule has 0 aliphatic heterocycles. The molecule has 0 radical (unpaired) electrons. The van der Waals surface area contributed by atoms with E-state index in [0.29, 0.717) is 12.2 Å². The number of sulfonamides is 1. The average Bonchev–Trinajstić information content (AvgIpc) is 2.49. The Labute approximate surface area is 131 Å². The number of rotatable bonds is 5. The Morgan fingerprint density at radius 3 is 2.57 bits per heavy atom. The fourth-order valence-corrected chi connectivity index (χ4v) is 5.27. The van der Waals surface area contributed by atoms with Gasteiger partial charge in [-0.15, -0.1) is 0 Å². The van der Waals surface area contributed by atoms with E-state index >= 15 is 0 Å². The molecule has 6 heteroatoms. The van der Waals surface area contributed by atoms with Crippen molar-refractivity contribution in [1.29, 1.82) is 0 Å². The number of hydrogen-bond donors (Lipinski definition) is 2. The van der Waals surface area contributed by atoms with Gasteiger partial charge in [0.05, 0.1) is 4.90 Å². The molecular weight excluding hydrogens is 304 g/mol. The molecule has 1 aliphatic carbocycles. The summed E-state index contributed by atoms with van der Waals surface area (Å²) in [5, 5.41) is 0. The first-order chi connectivity index (χ1) is 9.88. The number of nitrogens with two attached hydrogens (primary N) is 1. The Morgan fingerprint density at radius 2 is 1.95 bits per heavy atom. The number of benzene rings is 1. The Kier molecular flexibility index (Phi) is 5.22. The maximum atomic E-state index is 12.5. The van der Waals surface area contributed by atoms with Crippen LogP contribution in [0.1, 0.15) is 37.7 Å². The molecule has 0 amide bonds. The van der Waals surface area contributed by atoms with Gasteiger partial charge in [-0.1, -0.05) is 25.3 Å². The molecule has 21 heavy (non-hydrogen) atoms. The topological polar surface area (TPSA) is 72.2 Å². The molecule has 0 heterocycles. The molecule has 1 aliphatic rings. The fourth-order valence-electron chi connectivity index (χ4n) is 2.86. The zero-order valence-corrected chi connectivity index (χ0v) is 14.3. The van der Waals surface area contributed by atoms with Gasteiger partial charge in [-0.2, -0.15) is 11.8 Å². The smallest absolute Gasteiger partial charge is 0.240 e. The predicted octanol–water partition coefficient (Wildman–Crippen LogP) is 2.92. The molecule has 0 unspecified atom stereocenters. The first kappa shape index (κ1) is 16.6. The predicted molar refractivity (Wildman–Crippen MR) is 90.1 cm³/mol. The van der Waals surface area contributed by atoms with Crippen molar-refractivity contribution in [1.82, 2.24) is 4.72 Å². The van der Waals surface area contributed by atoms with E-state index in [1.54, 1.807) is 30.8 Å². The summed E-state index contributed by atoms with van der Waals surface area (Å²) in [7, 11) is -3.50. The van der Waals surface area contributed by atoms with Crippen molar-refractivity contribution in [2.45, 2.75) is 48.7 Å². The summed E-state index contributed by atoms with van der Waals surface area (Å²) in [5.74, 6) is 0. The Bertz CT molecular complexity index is 594. The minimum atomic E-state index is -3.50. The van der Waals surface area contributed by atoms with Gasteiger partial charge >= 0.3 is 0 Å². The highest BCUT2D eigenvalue weighted by Crippen LogP contribution is 2.38. The van der Waals surface area contributed by atoms with Gasteiger partial charge in [-0.05, 0) is 43.7 Å². The van der Waals surface area contributed by atoms with Gasteiger partial charge < -0.3 is 5.73 Å². The summed E-state index contributed by atoms with van der Waals surface area (Å²) in [6.45, 7) is 2.28. The third-order valence-electron chi connectivity index (χ3n) is 4.28. The van der Waals surface area contributed by atoms with E-state index in [0.717, 1.165) is 18.4 Å². The van der Waals surface area contributed by atoms with Crippen molar-refractivity contribution < 1.29 is 8.42 Å². The molecule has 1 aromatic rings.